The minimum absolute atomic E-state index is 0.0938. The SMILES string of the molecule is OCCCO.[Cl][Al]([Cl])[Cl]. The van der Waals surface area contributed by atoms with Crippen molar-refractivity contribution in [3.05, 3.63) is 0 Å². The lowest BCUT2D eigenvalue weighted by atomic mass is 10.5. The van der Waals surface area contributed by atoms with Crippen LogP contribution in [0.1, 0.15) is 6.42 Å². The summed E-state index contributed by atoms with van der Waals surface area (Å²) in [7, 11) is 14.8. The molecule has 0 atom stereocenters. The van der Waals surface area contributed by atoms with Crippen LogP contribution in [0.2, 0.25) is 0 Å². The maximum Gasteiger partial charge on any atom is 0.643 e. The monoisotopic (exact) mass is 208 g/mol. The molecule has 0 spiro atoms. The Morgan fingerprint density at radius 3 is 1.22 bits per heavy atom. The second kappa shape index (κ2) is 12.0. The standard InChI is InChI=1S/C3H8O2.Al.3ClH/c4-2-1-3-5;;;;/h4-5H,1-3H2;;3*1H/q;+3;;;/p-3. The summed E-state index contributed by atoms with van der Waals surface area (Å²) in [5.41, 5.74) is 0. The minimum atomic E-state index is -1.72. The number of halogens is 3. The first-order chi connectivity index (χ1) is 4.15. The van der Waals surface area contributed by atoms with Crippen LogP contribution in [0.15, 0.2) is 0 Å². The Morgan fingerprint density at radius 2 is 1.22 bits per heavy atom. The van der Waals surface area contributed by atoms with Crippen LogP contribution in [0, 0.1) is 0 Å². The highest BCUT2D eigenvalue weighted by Crippen LogP contribution is 1.97. The summed E-state index contributed by atoms with van der Waals surface area (Å²) in [6, 6.07) is 0. The molecular weight excluding hydrogens is 201 g/mol. The molecule has 0 aromatic heterocycles. The largest absolute Gasteiger partial charge is 0.643 e. The summed E-state index contributed by atoms with van der Waals surface area (Å²) in [6.45, 7) is 0.188. The molecule has 0 bridgehead atoms. The van der Waals surface area contributed by atoms with Crippen molar-refractivity contribution >= 4 is 41.5 Å². The van der Waals surface area contributed by atoms with Gasteiger partial charge < -0.3 is 10.2 Å². The fraction of sp³-hybridized carbons (Fsp3) is 1.00. The van der Waals surface area contributed by atoms with E-state index >= 15 is 0 Å². The van der Waals surface area contributed by atoms with E-state index < -0.39 is 11.4 Å². The molecule has 0 rings (SSSR count). The van der Waals surface area contributed by atoms with Crippen molar-refractivity contribution < 1.29 is 10.2 Å². The van der Waals surface area contributed by atoms with Crippen molar-refractivity contribution in [2.24, 2.45) is 0 Å². The predicted octanol–water partition coefficient (Wildman–Crippen LogP) is 1.05. The minimum Gasteiger partial charge on any atom is -0.396 e. The van der Waals surface area contributed by atoms with Gasteiger partial charge in [-0.1, -0.05) is 0 Å². The maximum absolute atomic E-state index is 7.91. The Hall–Kier alpha value is 1.32. The van der Waals surface area contributed by atoms with Crippen LogP contribution in [-0.4, -0.2) is 34.8 Å². The van der Waals surface area contributed by atoms with Gasteiger partial charge in [-0.15, -0.1) is 0 Å². The van der Waals surface area contributed by atoms with Gasteiger partial charge in [0.1, 0.15) is 0 Å². The second-order valence-electron chi connectivity index (χ2n) is 1.05. The lowest BCUT2D eigenvalue weighted by Crippen LogP contribution is -1.85. The van der Waals surface area contributed by atoms with Gasteiger partial charge in [0.2, 0.25) is 0 Å². The van der Waals surface area contributed by atoms with E-state index in [-0.39, 0.29) is 13.2 Å². The van der Waals surface area contributed by atoms with E-state index in [1.807, 2.05) is 0 Å². The molecule has 0 saturated heterocycles. The van der Waals surface area contributed by atoms with Gasteiger partial charge in [0.25, 0.3) is 0 Å². The molecule has 2 N–H and O–H groups in total. The maximum atomic E-state index is 7.91. The second-order valence-corrected chi connectivity index (χ2v) is 7.48. The van der Waals surface area contributed by atoms with Gasteiger partial charge in [0.05, 0.1) is 0 Å². The van der Waals surface area contributed by atoms with E-state index in [2.05, 4.69) is 0 Å². The quantitative estimate of drug-likeness (QED) is 0.668. The Balaban J connectivity index is 0. The predicted molar refractivity (Wildman–Crippen MR) is 42.1 cm³/mol. The molecule has 0 fully saturated rings. The molecule has 0 aromatic rings. The molecule has 0 unspecified atom stereocenters. The number of hydrogen-bond acceptors (Lipinski definition) is 2. The van der Waals surface area contributed by atoms with Gasteiger partial charge in [0.15, 0.2) is 0 Å². The summed E-state index contributed by atoms with van der Waals surface area (Å²) in [5.74, 6) is 0. The van der Waals surface area contributed by atoms with Crippen molar-refractivity contribution in [2.45, 2.75) is 6.42 Å². The van der Waals surface area contributed by atoms with Gasteiger partial charge in [-0.25, -0.2) is 30.1 Å². The van der Waals surface area contributed by atoms with E-state index in [1.54, 1.807) is 0 Å². The molecule has 0 heterocycles. The lowest BCUT2D eigenvalue weighted by molar-refractivity contribution is 0.221. The summed E-state index contributed by atoms with van der Waals surface area (Å²) in [5, 5.41) is 15.8. The number of aliphatic hydroxyl groups is 2. The molecule has 0 amide bonds. The van der Waals surface area contributed by atoms with Crippen LogP contribution in [0.3, 0.4) is 0 Å². The Bertz CT molecular complexity index is 41.3. The third-order valence-corrected chi connectivity index (χ3v) is 0.316. The van der Waals surface area contributed by atoms with Gasteiger partial charge >= 0.3 is 11.4 Å². The number of rotatable bonds is 2. The molecule has 9 heavy (non-hydrogen) atoms. The molecule has 2 nitrogen and oxygen atoms in total. The highest BCUT2D eigenvalue weighted by Gasteiger charge is 2.00. The van der Waals surface area contributed by atoms with Crippen molar-refractivity contribution in [2.75, 3.05) is 13.2 Å². The molecular formula is C3H8AlCl3O2. The summed E-state index contributed by atoms with van der Waals surface area (Å²) < 4.78 is 0. The van der Waals surface area contributed by atoms with E-state index in [9.17, 15) is 0 Å². The fourth-order valence-electron chi connectivity index (χ4n) is 0.0707. The fourth-order valence-corrected chi connectivity index (χ4v) is 0.0707. The van der Waals surface area contributed by atoms with Crippen LogP contribution in [0.5, 0.6) is 0 Å². The molecule has 0 saturated carbocycles. The van der Waals surface area contributed by atoms with Crippen LogP contribution < -0.4 is 0 Å². The molecule has 0 aliphatic rings. The average Bonchev–Trinajstić information content (AvgIpc) is 1.66. The smallest absolute Gasteiger partial charge is 0.396 e. The van der Waals surface area contributed by atoms with Gasteiger partial charge in [-0.05, 0) is 6.42 Å². The van der Waals surface area contributed by atoms with E-state index in [1.165, 1.54) is 0 Å². The number of aliphatic hydroxyl groups excluding tert-OH is 2. The van der Waals surface area contributed by atoms with Gasteiger partial charge in [-0.3, -0.25) is 0 Å². The zero-order chi connectivity index (χ0) is 7.70. The highest BCUT2D eigenvalue weighted by molar-refractivity contribution is 7.54. The van der Waals surface area contributed by atoms with Crippen molar-refractivity contribution in [1.29, 1.82) is 0 Å². The molecule has 0 aliphatic carbocycles. The van der Waals surface area contributed by atoms with Gasteiger partial charge in [-0.2, -0.15) is 0 Å². The van der Waals surface area contributed by atoms with E-state index in [0.717, 1.165) is 0 Å². The summed E-state index contributed by atoms with van der Waals surface area (Å²) in [4.78, 5) is 0. The lowest BCUT2D eigenvalue weighted by Gasteiger charge is -1.79. The first kappa shape index (κ1) is 13.0. The number of hydrogen-bond donors (Lipinski definition) is 2. The average molecular weight is 209 g/mol. The van der Waals surface area contributed by atoms with E-state index in [4.69, 9.17) is 40.4 Å². The molecule has 6 heteroatoms. The van der Waals surface area contributed by atoms with Gasteiger partial charge in [0, 0.05) is 13.2 Å². The molecule has 0 radical (unpaired) electrons. The summed E-state index contributed by atoms with van der Waals surface area (Å²) >= 11 is -1.72. The van der Waals surface area contributed by atoms with Crippen molar-refractivity contribution in [1.82, 2.24) is 0 Å². The Kier molecular flexibility index (Phi) is 17.3. The summed E-state index contributed by atoms with van der Waals surface area (Å²) in [6.07, 6.45) is 0.500. The Labute approximate surface area is 71.3 Å². The normalized spacial score (nSPS) is 7.67. The Morgan fingerprint density at radius 1 is 1.00 bits per heavy atom. The van der Waals surface area contributed by atoms with Crippen LogP contribution in [0.25, 0.3) is 0 Å². The first-order valence-corrected chi connectivity index (χ1v) is 7.52. The molecule has 0 aromatic carbocycles. The van der Waals surface area contributed by atoms with Crippen LogP contribution in [-0.2, 0) is 0 Å². The topological polar surface area (TPSA) is 40.5 Å². The molecule has 56 valence electrons. The highest BCUT2D eigenvalue weighted by atomic mass is 35.8. The third-order valence-electron chi connectivity index (χ3n) is 0.316. The van der Waals surface area contributed by atoms with Crippen LogP contribution in [0.4, 0.5) is 0 Å². The zero-order valence-electron chi connectivity index (χ0n) is 4.73. The third kappa shape index (κ3) is 45.3. The molecule has 0 aliphatic heterocycles. The zero-order valence-corrected chi connectivity index (χ0v) is 8.15. The van der Waals surface area contributed by atoms with Crippen LogP contribution >= 0.6 is 30.1 Å². The van der Waals surface area contributed by atoms with Crippen molar-refractivity contribution in [3.63, 3.8) is 0 Å². The van der Waals surface area contributed by atoms with E-state index in [0.29, 0.717) is 6.42 Å². The first-order valence-electron chi connectivity index (χ1n) is 2.29. The van der Waals surface area contributed by atoms with Crippen molar-refractivity contribution in [3.8, 4) is 0 Å².